The van der Waals surface area contributed by atoms with E-state index < -0.39 is 5.60 Å². The third-order valence-electron chi connectivity index (χ3n) is 3.52. The Morgan fingerprint density at radius 2 is 2.05 bits per heavy atom. The van der Waals surface area contributed by atoms with Crippen molar-refractivity contribution in [2.24, 2.45) is 0 Å². The first-order chi connectivity index (χ1) is 10.4. The second kappa shape index (κ2) is 6.69. The van der Waals surface area contributed by atoms with Gasteiger partial charge in [-0.25, -0.2) is 4.79 Å². The Hall–Kier alpha value is -2.22. The van der Waals surface area contributed by atoms with Gasteiger partial charge in [-0.15, -0.1) is 0 Å². The van der Waals surface area contributed by atoms with Crippen molar-refractivity contribution in [3.8, 4) is 6.07 Å². The van der Waals surface area contributed by atoms with E-state index in [0.717, 1.165) is 24.9 Å². The largest absolute Gasteiger partial charge is 0.444 e. The Bertz CT molecular complexity index is 572. The quantitative estimate of drug-likeness (QED) is 0.897. The fourth-order valence-electron chi connectivity index (χ4n) is 2.63. The molecule has 118 valence electrons. The fourth-order valence-corrected chi connectivity index (χ4v) is 2.63. The van der Waals surface area contributed by atoms with Gasteiger partial charge in [-0.1, -0.05) is 6.07 Å². The number of alkyl carbamates (subject to hydrolysis) is 1. The molecule has 5 nitrogen and oxygen atoms in total. The Labute approximate surface area is 131 Å². The first-order valence-electron chi connectivity index (χ1n) is 7.62. The van der Waals surface area contributed by atoms with Crippen LogP contribution in [0.15, 0.2) is 24.3 Å². The minimum atomic E-state index is -0.474. The molecule has 0 radical (unpaired) electrons. The number of rotatable bonds is 3. The number of benzene rings is 1. The van der Waals surface area contributed by atoms with Crippen LogP contribution in [-0.2, 0) is 4.74 Å². The van der Waals surface area contributed by atoms with E-state index in [1.807, 2.05) is 39.0 Å². The molecule has 22 heavy (non-hydrogen) atoms. The maximum Gasteiger partial charge on any atom is 0.407 e. The molecule has 2 rings (SSSR count). The van der Waals surface area contributed by atoms with Crippen molar-refractivity contribution >= 4 is 11.8 Å². The molecule has 0 spiro atoms. The van der Waals surface area contributed by atoms with E-state index in [0.29, 0.717) is 11.6 Å². The molecule has 0 saturated heterocycles. The lowest BCUT2D eigenvalue weighted by molar-refractivity contribution is 0.0505. The van der Waals surface area contributed by atoms with Crippen LogP contribution in [0.3, 0.4) is 0 Å². The summed E-state index contributed by atoms with van der Waals surface area (Å²) < 4.78 is 5.28. The van der Waals surface area contributed by atoms with Crippen LogP contribution in [0.25, 0.3) is 0 Å². The number of anilines is 1. The van der Waals surface area contributed by atoms with E-state index in [9.17, 15) is 4.79 Å². The SMILES string of the molecule is CC(C)(C)OC(=O)NC1CCC(Nc2cccc(C#N)c2)C1. The number of carbonyl (C=O) groups is 1. The zero-order valence-corrected chi connectivity index (χ0v) is 13.3. The zero-order chi connectivity index (χ0) is 16.2. The van der Waals surface area contributed by atoms with Gasteiger partial charge in [0.1, 0.15) is 5.60 Å². The van der Waals surface area contributed by atoms with Gasteiger partial charge < -0.3 is 15.4 Å². The third kappa shape index (κ3) is 4.96. The second-order valence-electron chi connectivity index (χ2n) is 6.69. The van der Waals surface area contributed by atoms with Crippen molar-refractivity contribution in [3.05, 3.63) is 29.8 Å². The molecular weight excluding hydrogens is 278 g/mol. The van der Waals surface area contributed by atoms with Gasteiger partial charge in [-0.3, -0.25) is 0 Å². The lowest BCUT2D eigenvalue weighted by Gasteiger charge is -2.22. The van der Waals surface area contributed by atoms with E-state index in [4.69, 9.17) is 10.00 Å². The molecule has 2 N–H and O–H groups in total. The van der Waals surface area contributed by atoms with Crippen LogP contribution in [0.2, 0.25) is 0 Å². The summed E-state index contributed by atoms with van der Waals surface area (Å²) in [5.74, 6) is 0. The number of nitriles is 1. The molecule has 2 atom stereocenters. The Morgan fingerprint density at radius 3 is 2.73 bits per heavy atom. The van der Waals surface area contributed by atoms with Gasteiger partial charge in [0.05, 0.1) is 11.6 Å². The number of amides is 1. The van der Waals surface area contributed by atoms with Crippen LogP contribution < -0.4 is 10.6 Å². The predicted octanol–water partition coefficient (Wildman–Crippen LogP) is 3.42. The number of ether oxygens (including phenoxy) is 1. The summed E-state index contributed by atoms with van der Waals surface area (Å²) in [6.45, 7) is 5.56. The van der Waals surface area contributed by atoms with Gasteiger partial charge in [0.25, 0.3) is 0 Å². The minimum Gasteiger partial charge on any atom is -0.444 e. The number of hydrogen-bond donors (Lipinski definition) is 2. The Morgan fingerprint density at radius 1 is 1.32 bits per heavy atom. The molecule has 0 bridgehead atoms. The van der Waals surface area contributed by atoms with Gasteiger partial charge in [0.15, 0.2) is 0 Å². The van der Waals surface area contributed by atoms with Crippen molar-refractivity contribution in [1.29, 1.82) is 5.26 Å². The zero-order valence-electron chi connectivity index (χ0n) is 13.3. The Balaban J connectivity index is 1.83. The monoisotopic (exact) mass is 301 g/mol. The number of hydrogen-bond acceptors (Lipinski definition) is 4. The molecule has 2 unspecified atom stereocenters. The van der Waals surface area contributed by atoms with Gasteiger partial charge in [-0.2, -0.15) is 5.26 Å². The molecule has 1 aromatic rings. The molecule has 0 aromatic heterocycles. The molecular formula is C17H23N3O2. The van der Waals surface area contributed by atoms with Crippen LogP contribution in [0, 0.1) is 11.3 Å². The molecule has 5 heteroatoms. The fraction of sp³-hybridized carbons (Fsp3) is 0.529. The molecule has 1 fully saturated rings. The topological polar surface area (TPSA) is 74.2 Å². The third-order valence-corrected chi connectivity index (χ3v) is 3.52. The highest BCUT2D eigenvalue weighted by molar-refractivity contribution is 5.68. The van der Waals surface area contributed by atoms with Crippen LogP contribution in [0.1, 0.15) is 45.6 Å². The minimum absolute atomic E-state index is 0.131. The maximum absolute atomic E-state index is 11.8. The first kappa shape index (κ1) is 16.2. The van der Waals surface area contributed by atoms with Crippen molar-refractivity contribution < 1.29 is 9.53 Å². The summed E-state index contributed by atoms with van der Waals surface area (Å²) in [5.41, 5.74) is 1.12. The highest BCUT2D eigenvalue weighted by Gasteiger charge is 2.27. The summed E-state index contributed by atoms with van der Waals surface area (Å²) >= 11 is 0. The number of nitrogens with zero attached hydrogens (tertiary/aromatic N) is 1. The average molecular weight is 301 g/mol. The van der Waals surface area contributed by atoms with E-state index >= 15 is 0 Å². The summed E-state index contributed by atoms with van der Waals surface area (Å²) in [5, 5.41) is 15.3. The molecule has 1 aromatic carbocycles. The smallest absolute Gasteiger partial charge is 0.407 e. The second-order valence-corrected chi connectivity index (χ2v) is 6.69. The number of carbonyl (C=O) groups excluding carboxylic acids is 1. The van der Waals surface area contributed by atoms with Gasteiger partial charge in [0.2, 0.25) is 0 Å². The van der Waals surface area contributed by atoms with Gasteiger partial charge in [-0.05, 0) is 58.2 Å². The van der Waals surface area contributed by atoms with E-state index in [-0.39, 0.29) is 12.1 Å². The van der Waals surface area contributed by atoms with E-state index in [2.05, 4.69) is 16.7 Å². The standard InChI is InChI=1S/C17H23N3O2/c1-17(2,3)22-16(21)20-15-8-7-14(10-15)19-13-6-4-5-12(9-13)11-18/h4-6,9,14-15,19H,7-8,10H2,1-3H3,(H,20,21). The molecule has 1 amide bonds. The highest BCUT2D eigenvalue weighted by Crippen LogP contribution is 2.24. The predicted molar refractivity (Wildman–Crippen MR) is 85.6 cm³/mol. The van der Waals surface area contributed by atoms with Crippen molar-refractivity contribution in [1.82, 2.24) is 5.32 Å². The van der Waals surface area contributed by atoms with Crippen LogP contribution in [-0.4, -0.2) is 23.8 Å². The summed E-state index contributed by atoms with van der Waals surface area (Å²) in [4.78, 5) is 11.8. The van der Waals surface area contributed by atoms with Crippen molar-refractivity contribution in [2.75, 3.05) is 5.32 Å². The lowest BCUT2D eigenvalue weighted by atomic mass is 10.2. The maximum atomic E-state index is 11.8. The molecule has 1 aliphatic rings. The normalized spacial score (nSPS) is 21.0. The molecule has 0 aliphatic heterocycles. The Kier molecular flexibility index (Phi) is 4.92. The molecule has 1 saturated carbocycles. The van der Waals surface area contributed by atoms with Gasteiger partial charge >= 0.3 is 6.09 Å². The van der Waals surface area contributed by atoms with Crippen molar-refractivity contribution in [3.63, 3.8) is 0 Å². The van der Waals surface area contributed by atoms with Gasteiger partial charge in [0, 0.05) is 17.8 Å². The number of nitrogens with one attached hydrogen (secondary N) is 2. The lowest BCUT2D eigenvalue weighted by Crippen LogP contribution is -2.38. The molecule has 1 aliphatic carbocycles. The molecule has 0 heterocycles. The van der Waals surface area contributed by atoms with Crippen molar-refractivity contribution in [2.45, 2.75) is 57.7 Å². The summed E-state index contributed by atoms with van der Waals surface area (Å²) in [6.07, 6.45) is 2.41. The summed E-state index contributed by atoms with van der Waals surface area (Å²) in [6, 6.07) is 10.0. The van der Waals surface area contributed by atoms with Crippen LogP contribution >= 0.6 is 0 Å². The van der Waals surface area contributed by atoms with E-state index in [1.54, 1.807) is 6.07 Å². The summed E-state index contributed by atoms with van der Waals surface area (Å²) in [7, 11) is 0. The van der Waals surface area contributed by atoms with E-state index in [1.165, 1.54) is 0 Å². The highest BCUT2D eigenvalue weighted by atomic mass is 16.6. The van der Waals surface area contributed by atoms with Crippen LogP contribution in [0.4, 0.5) is 10.5 Å². The first-order valence-corrected chi connectivity index (χ1v) is 7.62. The average Bonchev–Trinajstić information content (AvgIpc) is 2.83. The van der Waals surface area contributed by atoms with Crippen LogP contribution in [0.5, 0.6) is 0 Å².